The largest absolute Gasteiger partial charge is 0.370 e. The van der Waals surface area contributed by atoms with Crippen molar-refractivity contribution in [3.8, 4) is 0 Å². The molecule has 1 aromatic heterocycles. The summed E-state index contributed by atoms with van der Waals surface area (Å²) >= 11 is 0. The molecule has 1 atom stereocenters. The van der Waals surface area contributed by atoms with E-state index in [2.05, 4.69) is 16.1 Å². The minimum atomic E-state index is 0.691. The van der Waals surface area contributed by atoms with E-state index in [4.69, 9.17) is 5.10 Å². The first-order valence-electron chi connectivity index (χ1n) is 8.25. The van der Waals surface area contributed by atoms with E-state index in [9.17, 15) is 0 Å². The topological polar surface area (TPSA) is 29.9 Å². The van der Waals surface area contributed by atoms with Gasteiger partial charge in [-0.25, -0.2) is 4.68 Å². The van der Waals surface area contributed by atoms with Crippen LogP contribution in [0.4, 0.5) is 5.82 Å². The summed E-state index contributed by atoms with van der Waals surface area (Å²) in [4.78, 5) is 0. The highest BCUT2D eigenvalue weighted by Gasteiger charge is 2.36. The van der Waals surface area contributed by atoms with E-state index in [-0.39, 0.29) is 0 Å². The summed E-state index contributed by atoms with van der Waals surface area (Å²) in [6.07, 6.45) is 12.4. The van der Waals surface area contributed by atoms with Crippen LogP contribution in [-0.2, 0) is 0 Å². The second-order valence-corrected chi connectivity index (χ2v) is 6.71. The van der Waals surface area contributed by atoms with Crippen LogP contribution in [0.1, 0.15) is 75.4 Å². The number of anilines is 1. The van der Waals surface area contributed by atoms with Gasteiger partial charge in [-0.1, -0.05) is 25.7 Å². The van der Waals surface area contributed by atoms with E-state index >= 15 is 0 Å². The van der Waals surface area contributed by atoms with Gasteiger partial charge >= 0.3 is 0 Å². The molecule has 2 saturated carbocycles. The molecule has 0 bridgehead atoms. The minimum absolute atomic E-state index is 0.691. The molecule has 1 aromatic rings. The second-order valence-electron chi connectivity index (χ2n) is 6.71. The maximum Gasteiger partial charge on any atom is 0.124 e. The molecule has 3 nitrogen and oxygen atoms in total. The van der Waals surface area contributed by atoms with Crippen molar-refractivity contribution in [3.05, 3.63) is 11.8 Å². The van der Waals surface area contributed by atoms with Gasteiger partial charge in [-0.05, 0) is 38.0 Å². The third kappa shape index (κ3) is 2.28. The summed E-state index contributed by atoms with van der Waals surface area (Å²) in [5.41, 5.74) is 1.37. The molecule has 2 heterocycles. The van der Waals surface area contributed by atoms with Crippen molar-refractivity contribution >= 4 is 5.82 Å². The molecule has 0 radical (unpaired) electrons. The number of rotatable bonds is 2. The fourth-order valence-corrected chi connectivity index (χ4v) is 3.96. The average molecular weight is 259 g/mol. The van der Waals surface area contributed by atoms with Crippen molar-refractivity contribution in [3.63, 3.8) is 0 Å². The van der Waals surface area contributed by atoms with Crippen LogP contribution in [-0.4, -0.2) is 16.3 Å². The van der Waals surface area contributed by atoms with Gasteiger partial charge in [0.2, 0.25) is 0 Å². The van der Waals surface area contributed by atoms with Crippen LogP contribution < -0.4 is 5.32 Å². The van der Waals surface area contributed by atoms with Crippen LogP contribution in [0.2, 0.25) is 0 Å². The van der Waals surface area contributed by atoms with Crippen LogP contribution in [0.15, 0.2) is 6.07 Å². The maximum absolute atomic E-state index is 5.01. The van der Waals surface area contributed by atoms with Gasteiger partial charge in [0.15, 0.2) is 0 Å². The Balaban J connectivity index is 1.59. The smallest absolute Gasteiger partial charge is 0.124 e. The third-order valence-electron chi connectivity index (χ3n) is 5.25. The molecule has 0 amide bonds. The summed E-state index contributed by atoms with van der Waals surface area (Å²) in [6.45, 7) is 1.14. The zero-order chi connectivity index (χ0) is 12.7. The maximum atomic E-state index is 5.01. The zero-order valence-corrected chi connectivity index (χ0v) is 11.8. The molecule has 0 aromatic carbocycles. The van der Waals surface area contributed by atoms with Crippen molar-refractivity contribution in [2.24, 2.45) is 5.92 Å². The van der Waals surface area contributed by atoms with E-state index in [1.54, 1.807) is 0 Å². The Morgan fingerprint density at radius 3 is 2.53 bits per heavy atom. The van der Waals surface area contributed by atoms with E-state index in [0.717, 1.165) is 18.4 Å². The van der Waals surface area contributed by atoms with Crippen molar-refractivity contribution in [1.29, 1.82) is 0 Å². The highest BCUT2D eigenvalue weighted by molar-refractivity contribution is 5.40. The van der Waals surface area contributed by atoms with Crippen molar-refractivity contribution in [1.82, 2.24) is 9.78 Å². The molecule has 104 valence electrons. The molecule has 2 aliphatic carbocycles. The Kier molecular flexibility index (Phi) is 3.01. The van der Waals surface area contributed by atoms with Crippen molar-refractivity contribution in [2.45, 2.75) is 69.7 Å². The summed E-state index contributed by atoms with van der Waals surface area (Å²) in [7, 11) is 0. The van der Waals surface area contributed by atoms with E-state index in [1.807, 2.05) is 0 Å². The lowest BCUT2D eigenvalue weighted by Gasteiger charge is -2.25. The first kappa shape index (κ1) is 11.8. The molecule has 1 aliphatic heterocycles. The minimum Gasteiger partial charge on any atom is -0.370 e. The molecule has 3 heteroatoms. The molecule has 1 unspecified atom stereocenters. The normalized spacial score (nSPS) is 28.5. The Morgan fingerprint density at radius 1 is 1.00 bits per heavy atom. The van der Waals surface area contributed by atoms with E-state index < -0.39 is 0 Å². The molecule has 1 N–H and O–H groups in total. The Morgan fingerprint density at radius 2 is 1.79 bits per heavy atom. The van der Waals surface area contributed by atoms with Crippen molar-refractivity contribution < 1.29 is 0 Å². The highest BCUT2D eigenvalue weighted by atomic mass is 15.4. The fraction of sp³-hybridized carbons (Fsp3) is 0.812. The molecule has 0 saturated heterocycles. The lowest BCUT2D eigenvalue weighted by atomic mass is 9.97. The molecule has 3 aliphatic rings. The number of nitrogens with one attached hydrogen (secondary N) is 1. The van der Waals surface area contributed by atoms with Gasteiger partial charge < -0.3 is 5.32 Å². The zero-order valence-electron chi connectivity index (χ0n) is 11.8. The quantitative estimate of drug-likeness (QED) is 0.811. The molecule has 4 rings (SSSR count). The summed E-state index contributed by atoms with van der Waals surface area (Å²) in [5.74, 6) is 2.94. The van der Waals surface area contributed by atoms with Gasteiger partial charge in [-0.2, -0.15) is 5.10 Å². The van der Waals surface area contributed by atoms with Gasteiger partial charge in [0.25, 0.3) is 0 Å². The van der Waals surface area contributed by atoms with Crippen LogP contribution in [0.3, 0.4) is 0 Å². The number of hydrogen-bond donors (Lipinski definition) is 1. The Labute approximate surface area is 115 Å². The van der Waals surface area contributed by atoms with Crippen LogP contribution >= 0.6 is 0 Å². The first-order valence-corrected chi connectivity index (χ1v) is 8.25. The number of hydrogen-bond acceptors (Lipinski definition) is 2. The predicted molar refractivity (Wildman–Crippen MR) is 77.5 cm³/mol. The molecular formula is C16H25N3. The molecule has 0 spiro atoms. The van der Waals surface area contributed by atoms with Crippen LogP contribution in [0.25, 0.3) is 0 Å². The SMILES string of the molecule is c1c(C2CCCCCC2)nn2c1NCCC2C1CC1. The lowest BCUT2D eigenvalue weighted by molar-refractivity contribution is 0.370. The summed E-state index contributed by atoms with van der Waals surface area (Å²) in [6, 6.07) is 3.04. The Hall–Kier alpha value is -0.990. The van der Waals surface area contributed by atoms with Gasteiger partial charge in [-0.15, -0.1) is 0 Å². The van der Waals surface area contributed by atoms with Gasteiger partial charge in [0.05, 0.1) is 11.7 Å². The standard InChI is InChI=1S/C16H25N3/c1-2-4-6-12(5-3-1)14-11-16-17-10-9-15(13-7-8-13)19(16)18-14/h11-13,15,17H,1-10H2. The predicted octanol–water partition coefficient (Wildman–Crippen LogP) is 4.09. The monoisotopic (exact) mass is 259 g/mol. The van der Waals surface area contributed by atoms with Crippen LogP contribution in [0.5, 0.6) is 0 Å². The number of aromatic nitrogens is 2. The number of nitrogens with zero attached hydrogens (tertiary/aromatic N) is 2. The average Bonchev–Trinajstić information content (AvgIpc) is 3.22. The van der Waals surface area contributed by atoms with Crippen LogP contribution in [0, 0.1) is 5.92 Å². The number of fused-ring (bicyclic) bond motifs is 1. The Bertz CT molecular complexity index is 439. The summed E-state index contributed by atoms with van der Waals surface area (Å²) in [5, 5.41) is 8.56. The lowest BCUT2D eigenvalue weighted by Crippen LogP contribution is -2.24. The molecule has 2 fully saturated rings. The first-order chi connectivity index (χ1) is 9.42. The van der Waals surface area contributed by atoms with Crippen molar-refractivity contribution in [2.75, 3.05) is 11.9 Å². The summed E-state index contributed by atoms with van der Waals surface area (Å²) < 4.78 is 2.33. The van der Waals surface area contributed by atoms with E-state index in [1.165, 1.54) is 69.3 Å². The van der Waals surface area contributed by atoms with Gasteiger partial charge in [-0.3, -0.25) is 0 Å². The highest BCUT2D eigenvalue weighted by Crippen LogP contribution is 2.44. The fourth-order valence-electron chi connectivity index (χ4n) is 3.96. The second kappa shape index (κ2) is 4.84. The molecule has 19 heavy (non-hydrogen) atoms. The van der Waals surface area contributed by atoms with E-state index in [0.29, 0.717) is 6.04 Å². The molecular weight excluding hydrogens is 234 g/mol. The van der Waals surface area contributed by atoms with Gasteiger partial charge in [0.1, 0.15) is 5.82 Å². The van der Waals surface area contributed by atoms with Gasteiger partial charge in [0, 0.05) is 18.5 Å². The third-order valence-corrected chi connectivity index (χ3v) is 5.25.